The monoisotopic (exact) mass is 443 g/mol. The number of hydrogen-bond donors (Lipinski definition) is 1. The van der Waals surface area contributed by atoms with E-state index in [0.29, 0.717) is 26.2 Å². The highest BCUT2D eigenvalue weighted by Gasteiger charge is 2.24. The molecule has 0 unspecified atom stereocenters. The zero-order chi connectivity index (χ0) is 22.6. The Balaban J connectivity index is 1.23. The van der Waals surface area contributed by atoms with Gasteiger partial charge >= 0.3 is 0 Å². The maximum absolute atomic E-state index is 12.7. The Morgan fingerprint density at radius 2 is 1.76 bits per heavy atom. The number of para-hydroxylation sites is 1. The third-order valence-electron chi connectivity index (χ3n) is 5.81. The molecule has 1 aliphatic rings. The molecule has 0 bridgehead atoms. The number of methoxy groups -OCH3 is 1. The molecule has 1 aliphatic heterocycles. The van der Waals surface area contributed by atoms with Gasteiger partial charge in [-0.3, -0.25) is 4.79 Å². The molecule has 4 aromatic rings. The summed E-state index contributed by atoms with van der Waals surface area (Å²) in [7, 11) is 1.63. The minimum atomic E-state index is 0.0789. The van der Waals surface area contributed by atoms with E-state index in [0.717, 1.165) is 34.0 Å². The predicted molar refractivity (Wildman–Crippen MR) is 127 cm³/mol. The lowest BCUT2D eigenvalue weighted by Gasteiger charge is -2.35. The third kappa shape index (κ3) is 4.30. The van der Waals surface area contributed by atoms with Gasteiger partial charge in [-0.2, -0.15) is 5.10 Å². The molecule has 1 N–H and O–H groups in total. The van der Waals surface area contributed by atoms with Crippen molar-refractivity contribution in [2.24, 2.45) is 0 Å². The van der Waals surface area contributed by atoms with Crippen LogP contribution in [0.25, 0.3) is 16.7 Å². The molecule has 33 heavy (non-hydrogen) atoms. The van der Waals surface area contributed by atoms with Crippen LogP contribution in [0.1, 0.15) is 0 Å². The number of nitrogens with zero attached hydrogens (tertiary/aromatic N) is 6. The topological polar surface area (TPSA) is 88.4 Å². The van der Waals surface area contributed by atoms with Crippen LogP contribution in [0.15, 0.2) is 67.1 Å². The number of amides is 1. The Morgan fingerprint density at radius 3 is 2.48 bits per heavy atom. The third-order valence-corrected chi connectivity index (χ3v) is 5.81. The van der Waals surface area contributed by atoms with Crippen molar-refractivity contribution >= 4 is 28.4 Å². The molecule has 0 radical (unpaired) electrons. The average molecular weight is 444 g/mol. The van der Waals surface area contributed by atoms with Crippen LogP contribution in [0.5, 0.6) is 5.75 Å². The smallest absolute Gasteiger partial charge is 0.241 e. The number of hydrogen-bond acceptors (Lipinski definition) is 7. The van der Waals surface area contributed by atoms with E-state index in [1.807, 2.05) is 70.4 Å². The highest BCUT2D eigenvalue weighted by molar-refractivity contribution is 5.88. The predicted octanol–water partition coefficient (Wildman–Crippen LogP) is 2.58. The Labute approximate surface area is 191 Å². The minimum Gasteiger partial charge on any atom is -0.497 e. The second-order valence-electron chi connectivity index (χ2n) is 7.78. The van der Waals surface area contributed by atoms with Gasteiger partial charge in [-0.25, -0.2) is 14.6 Å². The molecule has 2 aromatic heterocycles. The van der Waals surface area contributed by atoms with Crippen molar-refractivity contribution in [3.8, 4) is 11.4 Å². The van der Waals surface area contributed by atoms with Crippen LogP contribution in [0.3, 0.4) is 0 Å². The summed E-state index contributed by atoms with van der Waals surface area (Å²) in [6, 6.07) is 17.5. The van der Waals surface area contributed by atoms with Crippen LogP contribution in [0.4, 0.5) is 11.5 Å². The number of anilines is 2. The van der Waals surface area contributed by atoms with Crippen LogP contribution in [0.2, 0.25) is 0 Å². The molecule has 1 saturated heterocycles. The lowest BCUT2D eigenvalue weighted by molar-refractivity contribution is -0.129. The van der Waals surface area contributed by atoms with Crippen LogP contribution in [-0.4, -0.2) is 70.4 Å². The first-order valence-electron chi connectivity index (χ1n) is 10.9. The first-order valence-corrected chi connectivity index (χ1v) is 10.9. The summed E-state index contributed by atoms with van der Waals surface area (Å²) in [4.78, 5) is 25.8. The van der Waals surface area contributed by atoms with E-state index in [-0.39, 0.29) is 12.5 Å². The first-order chi connectivity index (χ1) is 16.2. The van der Waals surface area contributed by atoms with Gasteiger partial charge in [-0.15, -0.1) is 0 Å². The van der Waals surface area contributed by atoms with Gasteiger partial charge in [0, 0.05) is 31.9 Å². The largest absolute Gasteiger partial charge is 0.497 e. The normalized spacial score (nSPS) is 13.8. The van der Waals surface area contributed by atoms with Gasteiger partial charge in [-0.05, 0) is 36.4 Å². The Morgan fingerprint density at radius 1 is 1.00 bits per heavy atom. The number of piperazine rings is 1. The van der Waals surface area contributed by atoms with E-state index in [4.69, 9.17) is 4.74 Å². The molecule has 5 rings (SSSR count). The highest BCUT2D eigenvalue weighted by Crippen LogP contribution is 2.25. The molecule has 0 spiro atoms. The summed E-state index contributed by atoms with van der Waals surface area (Å²) in [6.45, 7) is 2.95. The van der Waals surface area contributed by atoms with Crippen molar-refractivity contribution in [2.45, 2.75) is 0 Å². The molecule has 0 saturated carbocycles. The Bertz CT molecular complexity index is 1230. The minimum absolute atomic E-state index is 0.0789. The maximum atomic E-state index is 12.7. The fourth-order valence-corrected chi connectivity index (χ4v) is 4.01. The summed E-state index contributed by atoms with van der Waals surface area (Å²) < 4.78 is 6.99. The molecule has 1 amide bonds. The van der Waals surface area contributed by atoms with Crippen molar-refractivity contribution in [1.29, 1.82) is 0 Å². The SMILES string of the molecule is COc1ccc(NCC(=O)N2CCN(c3ncnc4c3cnn4-c3ccccc3)CC2)cc1. The number of benzene rings is 2. The number of ether oxygens (including phenoxy) is 1. The standard InChI is InChI=1S/C24H25N7O2/c1-33-20-9-7-18(8-10-20)25-16-22(32)29-11-13-30(14-12-29)23-21-15-28-31(24(21)27-17-26-23)19-5-3-2-4-6-19/h2-10,15,17,25H,11-14,16H2,1H3. The number of aromatic nitrogens is 4. The fourth-order valence-electron chi connectivity index (χ4n) is 4.01. The second kappa shape index (κ2) is 9.15. The fraction of sp³-hybridized carbons (Fsp3) is 0.250. The van der Waals surface area contributed by atoms with E-state index in [1.165, 1.54) is 0 Å². The summed E-state index contributed by atoms with van der Waals surface area (Å²) in [6.07, 6.45) is 3.39. The van der Waals surface area contributed by atoms with Crippen LogP contribution in [0, 0.1) is 0 Å². The van der Waals surface area contributed by atoms with Crippen molar-refractivity contribution in [2.75, 3.05) is 50.1 Å². The van der Waals surface area contributed by atoms with Crippen LogP contribution < -0.4 is 15.0 Å². The Kier molecular flexibility index (Phi) is 5.75. The van der Waals surface area contributed by atoms with E-state index < -0.39 is 0 Å². The van der Waals surface area contributed by atoms with E-state index >= 15 is 0 Å². The number of carbonyl (C=O) groups is 1. The zero-order valence-electron chi connectivity index (χ0n) is 18.4. The summed E-state index contributed by atoms with van der Waals surface area (Å²) in [5.74, 6) is 1.72. The van der Waals surface area contributed by atoms with Crippen LogP contribution in [-0.2, 0) is 4.79 Å². The van der Waals surface area contributed by atoms with Gasteiger partial charge < -0.3 is 19.9 Å². The van der Waals surface area contributed by atoms with Gasteiger partial charge in [0.15, 0.2) is 5.65 Å². The number of nitrogens with one attached hydrogen (secondary N) is 1. The quantitative estimate of drug-likeness (QED) is 0.490. The van der Waals surface area contributed by atoms with Gasteiger partial charge in [0.05, 0.1) is 30.9 Å². The molecule has 3 heterocycles. The van der Waals surface area contributed by atoms with Crippen molar-refractivity contribution in [3.05, 3.63) is 67.1 Å². The molecular weight excluding hydrogens is 418 g/mol. The number of rotatable bonds is 6. The number of carbonyl (C=O) groups excluding carboxylic acids is 1. The lowest BCUT2D eigenvalue weighted by atomic mass is 10.2. The average Bonchev–Trinajstić information content (AvgIpc) is 3.32. The van der Waals surface area contributed by atoms with Crippen molar-refractivity contribution in [3.63, 3.8) is 0 Å². The number of fused-ring (bicyclic) bond motifs is 1. The van der Waals surface area contributed by atoms with Gasteiger partial charge in [-0.1, -0.05) is 18.2 Å². The highest BCUT2D eigenvalue weighted by atomic mass is 16.5. The van der Waals surface area contributed by atoms with E-state index in [1.54, 1.807) is 13.4 Å². The van der Waals surface area contributed by atoms with Gasteiger partial charge in [0.2, 0.25) is 5.91 Å². The zero-order valence-corrected chi connectivity index (χ0v) is 18.4. The van der Waals surface area contributed by atoms with Crippen molar-refractivity contribution in [1.82, 2.24) is 24.6 Å². The van der Waals surface area contributed by atoms with Gasteiger partial charge in [0.1, 0.15) is 17.9 Å². The molecule has 0 aliphatic carbocycles. The summed E-state index contributed by atoms with van der Waals surface area (Å²) in [5, 5.41) is 8.63. The molecule has 0 atom stereocenters. The van der Waals surface area contributed by atoms with E-state index in [9.17, 15) is 4.79 Å². The maximum Gasteiger partial charge on any atom is 0.241 e. The van der Waals surface area contributed by atoms with E-state index in [2.05, 4.69) is 25.3 Å². The first kappa shape index (κ1) is 20.7. The lowest BCUT2D eigenvalue weighted by Crippen LogP contribution is -2.50. The molecule has 9 nitrogen and oxygen atoms in total. The second-order valence-corrected chi connectivity index (χ2v) is 7.78. The molecule has 1 fully saturated rings. The molecule has 9 heteroatoms. The summed E-state index contributed by atoms with van der Waals surface area (Å²) >= 11 is 0. The molecule has 2 aromatic carbocycles. The van der Waals surface area contributed by atoms with Crippen LogP contribution >= 0.6 is 0 Å². The molecular formula is C24H25N7O2. The van der Waals surface area contributed by atoms with Crippen molar-refractivity contribution < 1.29 is 9.53 Å². The van der Waals surface area contributed by atoms with Gasteiger partial charge in [0.25, 0.3) is 0 Å². The molecule has 168 valence electrons. The Hall–Kier alpha value is -4.14. The summed E-state index contributed by atoms with van der Waals surface area (Å²) in [5.41, 5.74) is 2.62.